The highest BCUT2D eigenvalue weighted by molar-refractivity contribution is 6.00. The highest BCUT2D eigenvalue weighted by atomic mass is 19.1. The van der Waals surface area contributed by atoms with Gasteiger partial charge in [-0.25, -0.2) is 14.8 Å². The van der Waals surface area contributed by atoms with E-state index in [0.717, 1.165) is 10.9 Å². The third kappa shape index (κ3) is 3.40. The maximum atomic E-state index is 13.2. The third-order valence-corrected chi connectivity index (χ3v) is 3.40. The molecule has 23 heavy (non-hydrogen) atoms. The van der Waals surface area contributed by atoms with Crippen molar-refractivity contribution in [2.45, 2.75) is 6.92 Å². The molecule has 0 saturated heterocycles. The zero-order chi connectivity index (χ0) is 16.2. The number of amides is 1. The monoisotopic (exact) mass is 307 g/mol. The van der Waals surface area contributed by atoms with E-state index in [1.165, 1.54) is 12.1 Å². The van der Waals surface area contributed by atoms with Gasteiger partial charge in [-0.05, 0) is 31.2 Å². The Morgan fingerprint density at radius 3 is 2.74 bits per heavy atom. The van der Waals surface area contributed by atoms with E-state index in [-0.39, 0.29) is 11.5 Å². The average molecular weight is 307 g/mol. The van der Waals surface area contributed by atoms with Gasteiger partial charge in [-0.2, -0.15) is 5.10 Å². The molecule has 3 aromatic rings. The maximum absolute atomic E-state index is 13.2. The molecule has 0 atom stereocenters. The van der Waals surface area contributed by atoms with Crippen LogP contribution in [-0.4, -0.2) is 16.6 Å². The Hall–Kier alpha value is -3.08. The van der Waals surface area contributed by atoms with Crippen LogP contribution in [0, 0.1) is 5.82 Å². The van der Waals surface area contributed by atoms with Gasteiger partial charge in [-0.15, -0.1) is 0 Å². The number of para-hydroxylation sites is 1. The van der Waals surface area contributed by atoms with Crippen LogP contribution in [0.4, 0.5) is 4.39 Å². The van der Waals surface area contributed by atoms with Gasteiger partial charge in [0.05, 0.1) is 11.2 Å². The van der Waals surface area contributed by atoms with Gasteiger partial charge in [-0.3, -0.25) is 4.79 Å². The number of rotatable bonds is 3. The zero-order valence-electron chi connectivity index (χ0n) is 12.5. The smallest absolute Gasteiger partial charge is 0.266 e. The second-order valence-corrected chi connectivity index (χ2v) is 5.04. The van der Waals surface area contributed by atoms with Gasteiger partial charge in [0, 0.05) is 10.9 Å². The van der Waals surface area contributed by atoms with Gasteiger partial charge >= 0.3 is 0 Å². The molecule has 0 radical (unpaired) electrons. The number of hydrogen-bond donors (Lipinski definition) is 1. The van der Waals surface area contributed by atoms with Crippen LogP contribution in [0.3, 0.4) is 0 Å². The number of nitrogens with zero attached hydrogens (tertiary/aromatic N) is 2. The molecule has 0 unspecified atom stereocenters. The van der Waals surface area contributed by atoms with E-state index in [9.17, 15) is 9.18 Å². The number of pyridine rings is 1. The van der Waals surface area contributed by atoms with Crippen LogP contribution in [0.2, 0.25) is 0 Å². The van der Waals surface area contributed by atoms with Gasteiger partial charge in [0.2, 0.25) is 0 Å². The fourth-order valence-electron chi connectivity index (χ4n) is 2.16. The fraction of sp³-hybridized carbons (Fsp3) is 0.0556. The van der Waals surface area contributed by atoms with Gasteiger partial charge in [-0.1, -0.05) is 36.4 Å². The number of hydrazone groups is 1. The normalized spacial score (nSPS) is 11.5. The van der Waals surface area contributed by atoms with Crippen molar-refractivity contribution < 1.29 is 9.18 Å². The van der Waals surface area contributed by atoms with Gasteiger partial charge in [0.1, 0.15) is 11.5 Å². The molecule has 2 aromatic carbocycles. The lowest BCUT2D eigenvalue weighted by Gasteiger charge is -2.04. The zero-order valence-corrected chi connectivity index (χ0v) is 12.5. The van der Waals surface area contributed by atoms with Gasteiger partial charge in [0.25, 0.3) is 5.91 Å². The highest BCUT2D eigenvalue weighted by Crippen LogP contribution is 2.11. The topological polar surface area (TPSA) is 54.4 Å². The molecule has 0 aliphatic rings. The molecular formula is C18H14FN3O. The van der Waals surface area contributed by atoms with Crippen molar-refractivity contribution in [1.29, 1.82) is 0 Å². The molecule has 1 amide bonds. The molecule has 0 saturated carbocycles. The van der Waals surface area contributed by atoms with Gasteiger partial charge < -0.3 is 0 Å². The molecule has 0 spiro atoms. The Bertz CT molecular complexity index is 905. The summed E-state index contributed by atoms with van der Waals surface area (Å²) >= 11 is 0. The molecule has 0 bridgehead atoms. The number of nitrogens with one attached hydrogen (secondary N) is 1. The molecule has 0 aliphatic heterocycles. The van der Waals surface area contributed by atoms with Crippen molar-refractivity contribution in [2.24, 2.45) is 5.10 Å². The van der Waals surface area contributed by atoms with Crippen molar-refractivity contribution >= 4 is 22.5 Å². The summed E-state index contributed by atoms with van der Waals surface area (Å²) in [7, 11) is 0. The van der Waals surface area contributed by atoms with Crippen molar-refractivity contribution in [1.82, 2.24) is 10.4 Å². The van der Waals surface area contributed by atoms with E-state index in [1.54, 1.807) is 25.1 Å². The summed E-state index contributed by atoms with van der Waals surface area (Å²) in [4.78, 5) is 16.4. The third-order valence-electron chi connectivity index (χ3n) is 3.40. The summed E-state index contributed by atoms with van der Waals surface area (Å²) in [5.74, 6) is -0.758. The minimum atomic E-state index is -0.411. The minimum Gasteiger partial charge on any atom is -0.266 e. The Kier molecular flexibility index (Phi) is 4.10. The summed E-state index contributed by atoms with van der Waals surface area (Å²) in [5.41, 5.74) is 4.59. The Morgan fingerprint density at radius 2 is 1.91 bits per heavy atom. The summed E-state index contributed by atoms with van der Waals surface area (Å²) in [6, 6.07) is 17.1. The molecule has 1 aromatic heterocycles. The first-order valence-corrected chi connectivity index (χ1v) is 7.10. The molecule has 114 valence electrons. The second-order valence-electron chi connectivity index (χ2n) is 5.04. The highest BCUT2D eigenvalue weighted by Gasteiger charge is 2.08. The number of carbonyl (C=O) groups is 1. The Morgan fingerprint density at radius 1 is 1.09 bits per heavy atom. The van der Waals surface area contributed by atoms with Crippen molar-refractivity contribution in [3.05, 3.63) is 77.7 Å². The second kappa shape index (κ2) is 6.36. The average Bonchev–Trinajstić information content (AvgIpc) is 2.59. The van der Waals surface area contributed by atoms with E-state index in [0.29, 0.717) is 11.3 Å². The number of aromatic nitrogens is 1. The van der Waals surface area contributed by atoms with E-state index in [1.807, 2.05) is 30.3 Å². The van der Waals surface area contributed by atoms with Crippen LogP contribution in [0.5, 0.6) is 0 Å². The summed E-state index contributed by atoms with van der Waals surface area (Å²) < 4.78 is 13.2. The van der Waals surface area contributed by atoms with Crippen molar-refractivity contribution in [3.63, 3.8) is 0 Å². The molecule has 0 fully saturated rings. The summed E-state index contributed by atoms with van der Waals surface area (Å²) in [6.07, 6.45) is 0. The Labute approximate surface area is 132 Å². The number of fused-ring (bicyclic) bond motifs is 1. The summed E-state index contributed by atoms with van der Waals surface area (Å²) in [5, 5.41) is 4.96. The minimum absolute atomic E-state index is 0.277. The van der Waals surface area contributed by atoms with E-state index in [4.69, 9.17) is 0 Å². The van der Waals surface area contributed by atoms with E-state index in [2.05, 4.69) is 15.5 Å². The molecular weight excluding hydrogens is 293 g/mol. The van der Waals surface area contributed by atoms with Crippen molar-refractivity contribution in [3.8, 4) is 0 Å². The SMILES string of the molecule is C/C(=N\NC(=O)c1ccc2ccccc2n1)c1cccc(F)c1. The Balaban J connectivity index is 1.79. The van der Waals surface area contributed by atoms with Gasteiger partial charge in [0.15, 0.2) is 0 Å². The molecule has 0 aliphatic carbocycles. The standard InChI is InChI=1S/C18H14FN3O/c1-12(14-6-4-7-15(19)11-14)21-22-18(23)17-10-9-13-5-2-3-8-16(13)20-17/h2-11H,1H3,(H,22,23)/b21-12+. The van der Waals surface area contributed by atoms with Crippen LogP contribution in [0.1, 0.15) is 23.0 Å². The lowest BCUT2D eigenvalue weighted by atomic mass is 10.1. The quantitative estimate of drug-likeness (QED) is 0.594. The molecule has 3 rings (SSSR count). The number of halogens is 1. The van der Waals surface area contributed by atoms with Crippen LogP contribution in [-0.2, 0) is 0 Å². The number of carbonyl (C=O) groups excluding carboxylic acids is 1. The van der Waals surface area contributed by atoms with Crippen LogP contribution in [0.15, 0.2) is 65.8 Å². The molecule has 5 heteroatoms. The van der Waals surface area contributed by atoms with Crippen LogP contribution < -0.4 is 5.43 Å². The number of hydrogen-bond acceptors (Lipinski definition) is 3. The first-order valence-electron chi connectivity index (χ1n) is 7.10. The lowest BCUT2D eigenvalue weighted by Crippen LogP contribution is -2.20. The largest absolute Gasteiger partial charge is 0.289 e. The molecule has 1 N–H and O–H groups in total. The van der Waals surface area contributed by atoms with E-state index >= 15 is 0 Å². The first kappa shape index (κ1) is 14.8. The molecule has 1 heterocycles. The predicted octanol–water partition coefficient (Wildman–Crippen LogP) is 3.53. The van der Waals surface area contributed by atoms with Crippen LogP contribution >= 0.6 is 0 Å². The lowest BCUT2D eigenvalue weighted by molar-refractivity contribution is 0.0950. The molecule has 4 nitrogen and oxygen atoms in total. The fourth-order valence-corrected chi connectivity index (χ4v) is 2.16. The first-order chi connectivity index (χ1) is 11.1. The van der Waals surface area contributed by atoms with Crippen molar-refractivity contribution in [2.75, 3.05) is 0 Å². The predicted molar refractivity (Wildman–Crippen MR) is 87.8 cm³/mol. The van der Waals surface area contributed by atoms with Crippen LogP contribution in [0.25, 0.3) is 10.9 Å². The number of benzene rings is 2. The summed E-state index contributed by atoms with van der Waals surface area (Å²) in [6.45, 7) is 1.70. The van der Waals surface area contributed by atoms with E-state index < -0.39 is 5.91 Å². The maximum Gasteiger partial charge on any atom is 0.289 e.